The number of carbonyl (C=O) groups excluding carboxylic acids is 1. The molecule has 0 unspecified atom stereocenters. The van der Waals surface area contributed by atoms with Crippen LogP contribution in [0.5, 0.6) is 0 Å². The van der Waals surface area contributed by atoms with Crippen LogP contribution in [0.2, 0.25) is 0 Å². The molecule has 4 rings (SSSR count). The molecule has 0 spiro atoms. The zero-order valence-corrected chi connectivity index (χ0v) is 17.8. The molecular formula is C19H18F2N4O4S2. The highest BCUT2D eigenvalue weighted by Gasteiger charge is 2.30. The van der Waals surface area contributed by atoms with Crippen LogP contribution in [0.1, 0.15) is 12.3 Å². The zero-order valence-electron chi connectivity index (χ0n) is 16.2. The minimum Gasteiger partial charge on any atom is -0.340 e. The predicted octanol–water partition coefficient (Wildman–Crippen LogP) is 2.54. The summed E-state index contributed by atoms with van der Waals surface area (Å²) in [5.74, 6) is -1.66. The van der Waals surface area contributed by atoms with E-state index in [2.05, 4.69) is 10.1 Å². The van der Waals surface area contributed by atoms with Crippen molar-refractivity contribution in [2.24, 2.45) is 0 Å². The van der Waals surface area contributed by atoms with Crippen LogP contribution >= 0.6 is 11.3 Å². The molecule has 31 heavy (non-hydrogen) atoms. The maximum absolute atomic E-state index is 13.4. The standard InChI is InChI=1S/C19H18F2N4O4S2/c20-15-2-1-14(11-16(15)21)31(27,28)25-8-6-24(7-9-25)18(26)4-3-17-22-19(23-29-17)13-5-10-30-12-13/h1-2,5,10-12H,3-4,6-9H2. The summed E-state index contributed by atoms with van der Waals surface area (Å²) in [6.45, 7) is 0.531. The Labute approximate surface area is 181 Å². The third-order valence-electron chi connectivity index (χ3n) is 4.92. The first-order chi connectivity index (χ1) is 14.8. The normalized spacial score (nSPS) is 15.4. The Bertz CT molecular complexity index is 1170. The molecule has 0 N–H and O–H groups in total. The molecule has 0 radical (unpaired) electrons. The van der Waals surface area contributed by atoms with Crippen molar-refractivity contribution in [3.63, 3.8) is 0 Å². The fraction of sp³-hybridized carbons (Fsp3) is 0.316. The highest BCUT2D eigenvalue weighted by Crippen LogP contribution is 2.21. The number of benzene rings is 1. The highest BCUT2D eigenvalue weighted by molar-refractivity contribution is 7.89. The van der Waals surface area contributed by atoms with Gasteiger partial charge in [-0.1, -0.05) is 5.16 Å². The smallest absolute Gasteiger partial charge is 0.243 e. The summed E-state index contributed by atoms with van der Waals surface area (Å²) in [6, 6.07) is 4.35. The molecule has 1 amide bonds. The molecule has 164 valence electrons. The van der Waals surface area contributed by atoms with Crippen LogP contribution in [-0.2, 0) is 21.2 Å². The van der Waals surface area contributed by atoms with Crippen LogP contribution in [0.3, 0.4) is 0 Å². The number of hydrogen-bond donors (Lipinski definition) is 0. The Balaban J connectivity index is 1.31. The Morgan fingerprint density at radius 3 is 2.58 bits per heavy atom. The Kier molecular flexibility index (Phi) is 6.12. The van der Waals surface area contributed by atoms with Crippen molar-refractivity contribution in [3.8, 4) is 11.4 Å². The summed E-state index contributed by atoms with van der Waals surface area (Å²) in [7, 11) is -3.97. The van der Waals surface area contributed by atoms with Gasteiger partial charge in [-0.15, -0.1) is 0 Å². The predicted molar refractivity (Wildman–Crippen MR) is 108 cm³/mol. The summed E-state index contributed by atoms with van der Waals surface area (Å²) in [5.41, 5.74) is 0.852. The van der Waals surface area contributed by atoms with Gasteiger partial charge in [0, 0.05) is 50.0 Å². The second kappa shape index (κ2) is 8.81. The summed E-state index contributed by atoms with van der Waals surface area (Å²) < 4.78 is 58.2. The topological polar surface area (TPSA) is 96.6 Å². The van der Waals surface area contributed by atoms with Crippen LogP contribution in [0.4, 0.5) is 8.78 Å². The lowest BCUT2D eigenvalue weighted by atomic mass is 10.2. The molecule has 1 saturated heterocycles. The third-order valence-corrected chi connectivity index (χ3v) is 7.50. The lowest BCUT2D eigenvalue weighted by Crippen LogP contribution is -2.50. The number of nitrogens with zero attached hydrogens (tertiary/aromatic N) is 4. The van der Waals surface area contributed by atoms with Crippen molar-refractivity contribution < 1.29 is 26.5 Å². The molecule has 0 aliphatic carbocycles. The molecule has 1 aromatic carbocycles. The van der Waals surface area contributed by atoms with E-state index in [4.69, 9.17) is 4.52 Å². The molecular weight excluding hydrogens is 450 g/mol. The van der Waals surface area contributed by atoms with Gasteiger partial charge in [-0.25, -0.2) is 17.2 Å². The van der Waals surface area contributed by atoms with Crippen molar-refractivity contribution in [1.29, 1.82) is 0 Å². The van der Waals surface area contributed by atoms with Gasteiger partial charge in [-0.2, -0.15) is 20.6 Å². The zero-order chi connectivity index (χ0) is 22.0. The van der Waals surface area contributed by atoms with Crippen molar-refractivity contribution in [1.82, 2.24) is 19.3 Å². The first-order valence-electron chi connectivity index (χ1n) is 9.43. The van der Waals surface area contributed by atoms with Crippen LogP contribution in [-0.4, -0.2) is 59.8 Å². The quantitative estimate of drug-likeness (QED) is 0.552. The van der Waals surface area contributed by atoms with E-state index in [1.54, 1.807) is 4.90 Å². The van der Waals surface area contributed by atoms with Crippen LogP contribution in [0, 0.1) is 11.6 Å². The van der Waals surface area contributed by atoms with Crippen molar-refractivity contribution in [2.75, 3.05) is 26.2 Å². The molecule has 1 fully saturated rings. The van der Waals surface area contributed by atoms with E-state index >= 15 is 0 Å². The number of rotatable bonds is 6. The second-order valence-electron chi connectivity index (χ2n) is 6.88. The molecule has 1 aliphatic heterocycles. The molecule has 0 atom stereocenters. The SMILES string of the molecule is O=C(CCc1nc(-c2ccsc2)no1)N1CCN(S(=O)(=O)c2ccc(F)c(F)c2)CC1. The van der Waals surface area contributed by atoms with Gasteiger partial charge < -0.3 is 9.42 Å². The van der Waals surface area contributed by atoms with Crippen LogP contribution in [0.15, 0.2) is 44.4 Å². The molecule has 0 bridgehead atoms. The third kappa shape index (κ3) is 4.65. The molecule has 12 heteroatoms. The van der Waals surface area contributed by atoms with E-state index in [-0.39, 0.29) is 49.8 Å². The van der Waals surface area contributed by atoms with Crippen molar-refractivity contribution in [3.05, 3.63) is 52.6 Å². The minimum atomic E-state index is -3.97. The number of piperazine rings is 1. The second-order valence-corrected chi connectivity index (χ2v) is 9.60. The van der Waals surface area contributed by atoms with Crippen molar-refractivity contribution in [2.45, 2.75) is 17.7 Å². The van der Waals surface area contributed by atoms with Crippen LogP contribution < -0.4 is 0 Å². The van der Waals surface area contributed by atoms with E-state index in [9.17, 15) is 22.0 Å². The number of thiophene rings is 1. The minimum absolute atomic E-state index is 0.0654. The summed E-state index contributed by atoms with van der Waals surface area (Å²) >= 11 is 1.52. The van der Waals surface area contributed by atoms with Gasteiger partial charge in [-0.05, 0) is 29.6 Å². The number of aryl methyl sites for hydroxylation is 1. The lowest BCUT2D eigenvalue weighted by Gasteiger charge is -2.34. The lowest BCUT2D eigenvalue weighted by molar-refractivity contribution is -0.132. The maximum atomic E-state index is 13.4. The Hall–Kier alpha value is -2.70. The summed E-state index contributed by atoms with van der Waals surface area (Å²) in [5, 5.41) is 7.70. The average Bonchev–Trinajstić information content (AvgIpc) is 3.46. The van der Waals surface area contributed by atoms with Crippen molar-refractivity contribution >= 4 is 27.3 Å². The monoisotopic (exact) mass is 468 g/mol. The largest absolute Gasteiger partial charge is 0.340 e. The number of carbonyl (C=O) groups is 1. The van der Waals surface area contributed by atoms with Gasteiger partial charge in [0.2, 0.25) is 27.6 Å². The Morgan fingerprint density at radius 2 is 1.90 bits per heavy atom. The van der Waals surface area contributed by atoms with E-state index in [0.29, 0.717) is 17.8 Å². The summed E-state index contributed by atoms with van der Waals surface area (Å²) in [6.07, 6.45) is 0.435. The first-order valence-corrected chi connectivity index (χ1v) is 11.8. The maximum Gasteiger partial charge on any atom is 0.243 e. The van der Waals surface area contributed by atoms with Gasteiger partial charge in [0.05, 0.1) is 4.90 Å². The summed E-state index contributed by atoms with van der Waals surface area (Å²) in [4.78, 5) is 18.0. The number of sulfonamides is 1. The number of hydrogen-bond acceptors (Lipinski definition) is 7. The molecule has 3 heterocycles. The Morgan fingerprint density at radius 1 is 1.13 bits per heavy atom. The van der Waals surface area contributed by atoms with E-state index in [1.165, 1.54) is 11.3 Å². The number of aromatic nitrogens is 2. The van der Waals surface area contributed by atoms with Crippen LogP contribution in [0.25, 0.3) is 11.4 Å². The van der Waals surface area contributed by atoms with Gasteiger partial charge in [0.1, 0.15) is 0 Å². The fourth-order valence-corrected chi connectivity index (χ4v) is 5.27. The van der Waals surface area contributed by atoms with Gasteiger partial charge in [0.15, 0.2) is 11.6 Å². The molecule has 0 saturated carbocycles. The van der Waals surface area contributed by atoms with E-state index in [0.717, 1.165) is 22.0 Å². The van der Waals surface area contributed by atoms with Gasteiger partial charge in [0.25, 0.3) is 0 Å². The van der Waals surface area contributed by atoms with E-state index < -0.39 is 21.7 Å². The van der Waals surface area contributed by atoms with Gasteiger partial charge in [-0.3, -0.25) is 4.79 Å². The first kappa shape index (κ1) is 21.5. The number of amides is 1. The molecule has 1 aliphatic rings. The molecule has 3 aromatic rings. The van der Waals surface area contributed by atoms with E-state index in [1.807, 2.05) is 16.8 Å². The highest BCUT2D eigenvalue weighted by atomic mass is 32.2. The average molecular weight is 469 g/mol. The fourth-order valence-electron chi connectivity index (χ4n) is 3.20. The molecule has 8 nitrogen and oxygen atoms in total. The number of halogens is 2. The molecule has 2 aromatic heterocycles. The van der Waals surface area contributed by atoms with Gasteiger partial charge >= 0.3 is 0 Å².